The van der Waals surface area contributed by atoms with Gasteiger partial charge in [0.15, 0.2) is 0 Å². The molecule has 2 atom stereocenters. The van der Waals surface area contributed by atoms with Crippen LogP contribution < -0.4 is 5.32 Å². The second kappa shape index (κ2) is 8.97. The maximum Gasteiger partial charge on any atom is 0.325 e. The van der Waals surface area contributed by atoms with Gasteiger partial charge in [0.1, 0.15) is 17.9 Å². The van der Waals surface area contributed by atoms with Gasteiger partial charge in [0.25, 0.3) is 5.91 Å². The highest BCUT2D eigenvalue weighted by molar-refractivity contribution is 6.09. The molecule has 0 aromatic heterocycles. The molecule has 0 unspecified atom stereocenters. The van der Waals surface area contributed by atoms with Crippen molar-refractivity contribution < 1.29 is 18.8 Å². The maximum atomic E-state index is 13.4. The van der Waals surface area contributed by atoms with Gasteiger partial charge in [0.2, 0.25) is 5.91 Å². The molecule has 1 saturated heterocycles. The number of hydrogen-bond acceptors (Lipinski definition) is 3. The summed E-state index contributed by atoms with van der Waals surface area (Å²) in [6.45, 7) is 2.12. The van der Waals surface area contributed by atoms with Crippen molar-refractivity contribution in [3.63, 3.8) is 0 Å². The minimum Gasteiger partial charge on any atom is -0.334 e. The minimum atomic E-state index is -0.859. The average molecular weight is 430 g/mol. The third-order valence-corrected chi connectivity index (χ3v) is 7.40. The second-order valence-corrected chi connectivity index (χ2v) is 9.38. The van der Waals surface area contributed by atoms with Gasteiger partial charge in [-0.05, 0) is 49.3 Å². The van der Waals surface area contributed by atoms with Crippen LogP contribution in [0.1, 0.15) is 70.3 Å². The number of carbonyl (C=O) groups is 3. The predicted molar refractivity (Wildman–Crippen MR) is 114 cm³/mol. The predicted octanol–water partition coefficient (Wildman–Crippen LogP) is 3.99. The zero-order valence-electron chi connectivity index (χ0n) is 18.2. The fraction of sp³-hybridized carbons (Fsp3) is 0.625. The summed E-state index contributed by atoms with van der Waals surface area (Å²) < 4.78 is 13.3. The van der Waals surface area contributed by atoms with E-state index in [4.69, 9.17) is 0 Å². The standard InChI is InChI=1S/C24H32FN3O3/c1-17-7-5-6-14-24(17)22(30)28(23(31)26-24)16-21(29)27(20-8-3-2-4-9-20)15-18-10-12-19(25)13-11-18/h10-13,17,20H,2-9,14-16H2,1H3,(H,26,31)/t17-,24+/m0/s1. The molecule has 7 heteroatoms. The van der Waals surface area contributed by atoms with Gasteiger partial charge in [-0.15, -0.1) is 0 Å². The smallest absolute Gasteiger partial charge is 0.325 e. The highest BCUT2D eigenvalue weighted by atomic mass is 19.1. The van der Waals surface area contributed by atoms with E-state index in [0.29, 0.717) is 13.0 Å². The summed E-state index contributed by atoms with van der Waals surface area (Å²) in [5.41, 5.74) is -0.0164. The van der Waals surface area contributed by atoms with Gasteiger partial charge >= 0.3 is 6.03 Å². The maximum absolute atomic E-state index is 13.4. The van der Waals surface area contributed by atoms with E-state index in [2.05, 4.69) is 5.32 Å². The van der Waals surface area contributed by atoms with E-state index in [1.54, 1.807) is 17.0 Å². The molecule has 31 heavy (non-hydrogen) atoms. The van der Waals surface area contributed by atoms with Crippen molar-refractivity contribution in [3.8, 4) is 0 Å². The molecule has 1 spiro atoms. The summed E-state index contributed by atoms with van der Waals surface area (Å²) in [5, 5.41) is 2.92. The van der Waals surface area contributed by atoms with Gasteiger partial charge in [-0.3, -0.25) is 14.5 Å². The Kier molecular flexibility index (Phi) is 6.30. The van der Waals surface area contributed by atoms with Gasteiger partial charge in [0, 0.05) is 12.6 Å². The molecule has 3 aliphatic rings. The van der Waals surface area contributed by atoms with E-state index in [1.807, 2.05) is 6.92 Å². The highest BCUT2D eigenvalue weighted by Crippen LogP contribution is 2.38. The molecule has 4 rings (SSSR count). The zero-order valence-corrected chi connectivity index (χ0v) is 18.2. The van der Waals surface area contributed by atoms with Crippen LogP contribution >= 0.6 is 0 Å². The van der Waals surface area contributed by atoms with E-state index in [0.717, 1.165) is 61.8 Å². The molecule has 6 nitrogen and oxygen atoms in total. The van der Waals surface area contributed by atoms with Crippen LogP contribution in [0.4, 0.5) is 9.18 Å². The summed E-state index contributed by atoms with van der Waals surface area (Å²) in [6.07, 6.45) is 8.57. The number of hydrogen-bond donors (Lipinski definition) is 1. The molecule has 2 aliphatic carbocycles. The highest BCUT2D eigenvalue weighted by Gasteiger charge is 2.55. The van der Waals surface area contributed by atoms with Gasteiger partial charge in [-0.1, -0.05) is 51.2 Å². The number of carbonyl (C=O) groups excluding carboxylic acids is 3. The molecule has 3 fully saturated rings. The first-order chi connectivity index (χ1) is 14.9. The number of urea groups is 1. The molecule has 1 aliphatic heterocycles. The minimum absolute atomic E-state index is 0.0615. The Morgan fingerprint density at radius 3 is 2.45 bits per heavy atom. The molecule has 4 amide bonds. The number of imide groups is 1. The summed E-state index contributed by atoms with van der Waals surface area (Å²) in [4.78, 5) is 42.3. The number of rotatable bonds is 5. The van der Waals surface area contributed by atoms with Crippen LogP contribution in [0.25, 0.3) is 0 Å². The van der Waals surface area contributed by atoms with E-state index in [9.17, 15) is 18.8 Å². The Morgan fingerprint density at radius 2 is 1.77 bits per heavy atom. The number of halogens is 1. The number of amides is 4. The van der Waals surface area contributed by atoms with E-state index in [1.165, 1.54) is 12.1 Å². The summed E-state index contributed by atoms with van der Waals surface area (Å²) in [7, 11) is 0. The third-order valence-electron chi connectivity index (χ3n) is 7.40. The van der Waals surface area contributed by atoms with Crippen molar-refractivity contribution >= 4 is 17.8 Å². The fourth-order valence-corrected chi connectivity index (χ4v) is 5.47. The van der Waals surface area contributed by atoms with Crippen molar-refractivity contribution in [2.24, 2.45) is 5.92 Å². The lowest BCUT2D eigenvalue weighted by Gasteiger charge is -2.37. The first kappa shape index (κ1) is 21.8. The normalized spacial score (nSPS) is 26.9. The average Bonchev–Trinajstić information content (AvgIpc) is 3.01. The van der Waals surface area contributed by atoms with Crippen LogP contribution in [0.3, 0.4) is 0 Å². The van der Waals surface area contributed by atoms with Crippen molar-refractivity contribution in [1.29, 1.82) is 0 Å². The van der Waals surface area contributed by atoms with Gasteiger partial charge < -0.3 is 10.2 Å². The van der Waals surface area contributed by atoms with Gasteiger partial charge in [-0.25, -0.2) is 9.18 Å². The molecule has 1 heterocycles. The lowest BCUT2D eigenvalue weighted by molar-refractivity contribution is -0.142. The van der Waals surface area contributed by atoms with Crippen LogP contribution in [0, 0.1) is 11.7 Å². The first-order valence-electron chi connectivity index (χ1n) is 11.6. The zero-order chi connectivity index (χ0) is 22.0. The Labute approximate surface area is 183 Å². The summed E-state index contributed by atoms with van der Waals surface area (Å²) in [5.74, 6) is -0.736. The molecule has 168 valence electrons. The molecular formula is C24H32FN3O3. The molecule has 1 N–H and O–H groups in total. The van der Waals surface area contributed by atoms with Crippen molar-refractivity contribution in [2.45, 2.75) is 82.8 Å². The largest absolute Gasteiger partial charge is 0.334 e. The van der Waals surface area contributed by atoms with Crippen LogP contribution in [0.5, 0.6) is 0 Å². The fourth-order valence-electron chi connectivity index (χ4n) is 5.47. The Bertz CT molecular complexity index is 837. The number of nitrogens with zero attached hydrogens (tertiary/aromatic N) is 2. The van der Waals surface area contributed by atoms with Crippen LogP contribution in [0.2, 0.25) is 0 Å². The molecule has 0 bridgehead atoms. The SMILES string of the molecule is C[C@H]1CCCC[C@@]12NC(=O)N(CC(=O)N(Cc1ccc(F)cc1)C1CCCCC1)C2=O. The molecule has 2 saturated carbocycles. The topological polar surface area (TPSA) is 69.7 Å². The number of benzene rings is 1. The Morgan fingerprint density at radius 1 is 1.10 bits per heavy atom. The van der Waals surface area contributed by atoms with Gasteiger partial charge in [0.05, 0.1) is 0 Å². The van der Waals surface area contributed by atoms with Crippen molar-refractivity contribution in [3.05, 3.63) is 35.6 Å². The van der Waals surface area contributed by atoms with Crippen molar-refractivity contribution in [2.75, 3.05) is 6.54 Å². The number of nitrogens with one attached hydrogen (secondary N) is 1. The second-order valence-electron chi connectivity index (χ2n) is 9.38. The van der Waals surface area contributed by atoms with E-state index < -0.39 is 11.6 Å². The summed E-state index contributed by atoms with van der Waals surface area (Å²) in [6, 6.07) is 5.78. The molecule has 1 aromatic carbocycles. The van der Waals surface area contributed by atoms with E-state index in [-0.39, 0.29) is 36.1 Å². The van der Waals surface area contributed by atoms with Crippen molar-refractivity contribution in [1.82, 2.24) is 15.1 Å². The third kappa shape index (κ3) is 4.32. The Balaban J connectivity index is 1.51. The summed E-state index contributed by atoms with van der Waals surface area (Å²) >= 11 is 0. The van der Waals surface area contributed by atoms with E-state index >= 15 is 0 Å². The molecular weight excluding hydrogens is 397 g/mol. The molecule has 1 aromatic rings. The quantitative estimate of drug-likeness (QED) is 0.720. The lowest BCUT2D eigenvalue weighted by atomic mass is 9.73. The monoisotopic (exact) mass is 429 g/mol. The lowest BCUT2D eigenvalue weighted by Crippen LogP contribution is -2.54. The van der Waals surface area contributed by atoms with Crippen LogP contribution in [0.15, 0.2) is 24.3 Å². The van der Waals surface area contributed by atoms with Gasteiger partial charge in [-0.2, -0.15) is 0 Å². The van der Waals surface area contributed by atoms with Crippen LogP contribution in [-0.2, 0) is 16.1 Å². The molecule has 0 radical (unpaired) electrons. The first-order valence-corrected chi connectivity index (χ1v) is 11.6. The Hall–Kier alpha value is -2.44. The van der Waals surface area contributed by atoms with Crippen LogP contribution in [-0.4, -0.2) is 45.8 Å².